The number of nitrogens with zero attached hydrogens (tertiary/aromatic N) is 1. The minimum absolute atomic E-state index is 0. The first kappa shape index (κ1) is 20.1. The molecule has 0 spiro atoms. The summed E-state index contributed by atoms with van der Waals surface area (Å²) < 4.78 is 6.03. The average molecular weight is 431 g/mol. The summed E-state index contributed by atoms with van der Waals surface area (Å²) in [6, 6.07) is 8.73. The maximum atomic E-state index is 6.03. The number of ether oxygens (including phenoxy) is 1. The van der Waals surface area contributed by atoms with Gasteiger partial charge in [-0.2, -0.15) is 0 Å². The molecule has 0 bridgehead atoms. The van der Waals surface area contributed by atoms with Gasteiger partial charge in [0.15, 0.2) is 5.96 Å². The van der Waals surface area contributed by atoms with E-state index in [-0.39, 0.29) is 29.6 Å². The van der Waals surface area contributed by atoms with E-state index in [0.717, 1.165) is 17.3 Å². The number of nitrogens with one attached hydrogen (secondary N) is 2. The highest BCUT2D eigenvalue weighted by molar-refractivity contribution is 14.0. The van der Waals surface area contributed by atoms with E-state index in [1.807, 2.05) is 25.2 Å². The van der Waals surface area contributed by atoms with Gasteiger partial charge in [0.25, 0.3) is 0 Å². The number of para-hydroxylation sites is 1. The Balaban J connectivity index is 0.00000264. The van der Waals surface area contributed by atoms with E-state index in [4.69, 9.17) is 4.74 Å². The van der Waals surface area contributed by atoms with Crippen LogP contribution in [0.15, 0.2) is 29.3 Å². The van der Waals surface area contributed by atoms with Crippen LogP contribution in [0.2, 0.25) is 0 Å². The Morgan fingerprint density at radius 3 is 2.48 bits per heavy atom. The van der Waals surface area contributed by atoms with Crippen molar-refractivity contribution in [3.8, 4) is 5.75 Å². The van der Waals surface area contributed by atoms with Crippen LogP contribution in [0.4, 0.5) is 0 Å². The van der Waals surface area contributed by atoms with Crippen LogP contribution < -0.4 is 15.4 Å². The van der Waals surface area contributed by atoms with Crippen molar-refractivity contribution in [3.63, 3.8) is 0 Å². The molecule has 1 aliphatic rings. The number of aliphatic imine (C=N–C) groups is 1. The van der Waals surface area contributed by atoms with Crippen LogP contribution >= 0.6 is 24.0 Å². The first-order valence-corrected chi connectivity index (χ1v) is 8.22. The maximum absolute atomic E-state index is 6.03. The third kappa shape index (κ3) is 6.97. The molecule has 0 heterocycles. The fraction of sp³-hybridized carbons (Fsp3) is 0.611. The predicted octanol–water partition coefficient (Wildman–Crippen LogP) is 4.09. The summed E-state index contributed by atoms with van der Waals surface area (Å²) in [7, 11) is 1.82. The van der Waals surface area contributed by atoms with E-state index in [9.17, 15) is 0 Å². The topological polar surface area (TPSA) is 45.7 Å². The Labute approximate surface area is 157 Å². The summed E-state index contributed by atoms with van der Waals surface area (Å²) >= 11 is 0. The van der Waals surface area contributed by atoms with Gasteiger partial charge < -0.3 is 15.4 Å². The van der Waals surface area contributed by atoms with Crippen molar-refractivity contribution in [1.82, 2.24) is 10.6 Å². The van der Waals surface area contributed by atoms with Crippen molar-refractivity contribution < 1.29 is 4.74 Å². The molecule has 1 aliphatic carbocycles. The van der Waals surface area contributed by atoms with Crippen molar-refractivity contribution in [1.29, 1.82) is 0 Å². The molecule has 0 aliphatic heterocycles. The van der Waals surface area contributed by atoms with Crippen molar-refractivity contribution in [2.45, 2.75) is 64.6 Å². The molecule has 1 aromatic carbocycles. The Hall–Kier alpha value is -0.980. The van der Waals surface area contributed by atoms with Crippen LogP contribution in [0.3, 0.4) is 0 Å². The van der Waals surface area contributed by atoms with Gasteiger partial charge in [-0.1, -0.05) is 31.0 Å². The lowest BCUT2D eigenvalue weighted by Gasteiger charge is -2.24. The summed E-state index contributed by atoms with van der Waals surface area (Å²) in [5.74, 6) is 1.80. The molecule has 0 amide bonds. The Morgan fingerprint density at radius 1 is 1.22 bits per heavy atom. The van der Waals surface area contributed by atoms with Crippen molar-refractivity contribution in [2.24, 2.45) is 4.99 Å². The number of benzene rings is 1. The normalized spacial score (nSPS) is 15.9. The van der Waals surface area contributed by atoms with E-state index in [1.165, 1.54) is 25.7 Å². The summed E-state index contributed by atoms with van der Waals surface area (Å²) in [6.07, 6.45) is 5.11. The summed E-state index contributed by atoms with van der Waals surface area (Å²) in [6.45, 7) is 6.91. The van der Waals surface area contributed by atoms with Crippen LogP contribution in [0, 0.1) is 0 Å². The monoisotopic (exact) mass is 431 g/mol. The molecular weight excluding hydrogens is 401 g/mol. The zero-order valence-electron chi connectivity index (χ0n) is 14.7. The third-order valence-electron chi connectivity index (χ3n) is 3.75. The number of guanidine groups is 1. The molecule has 0 atom stereocenters. The summed E-state index contributed by atoms with van der Waals surface area (Å²) in [4.78, 5) is 4.32. The summed E-state index contributed by atoms with van der Waals surface area (Å²) in [5.41, 5.74) is 0.951. The van der Waals surface area contributed by atoms with Crippen molar-refractivity contribution >= 4 is 29.9 Å². The molecule has 0 unspecified atom stereocenters. The van der Waals surface area contributed by atoms with Crippen LogP contribution in [0.25, 0.3) is 0 Å². The first-order chi connectivity index (χ1) is 10.5. The quantitative estimate of drug-likeness (QED) is 0.429. The average Bonchev–Trinajstić information content (AvgIpc) is 2.96. The molecule has 1 saturated carbocycles. The minimum Gasteiger partial charge on any atom is -0.488 e. The third-order valence-corrected chi connectivity index (χ3v) is 3.75. The van der Waals surface area contributed by atoms with Gasteiger partial charge in [-0.25, -0.2) is 0 Å². The van der Waals surface area contributed by atoms with Gasteiger partial charge in [0, 0.05) is 25.2 Å². The fourth-order valence-electron chi connectivity index (χ4n) is 2.72. The number of hydrogen-bond acceptors (Lipinski definition) is 2. The number of hydrogen-bond donors (Lipinski definition) is 2. The lowest BCUT2D eigenvalue weighted by atomic mass is 10.1. The number of halogens is 1. The zero-order valence-corrected chi connectivity index (χ0v) is 17.0. The Bertz CT molecular complexity index is 505. The van der Waals surface area contributed by atoms with Gasteiger partial charge in [-0.3, -0.25) is 4.99 Å². The van der Waals surface area contributed by atoms with E-state index >= 15 is 0 Å². The lowest BCUT2D eigenvalue weighted by molar-refractivity contribution is 0.129. The van der Waals surface area contributed by atoms with Crippen LogP contribution in [0.1, 0.15) is 52.0 Å². The fourth-order valence-corrected chi connectivity index (χ4v) is 2.72. The minimum atomic E-state index is -0.195. The maximum Gasteiger partial charge on any atom is 0.191 e. The Morgan fingerprint density at radius 2 is 1.87 bits per heavy atom. The molecule has 0 aromatic heterocycles. The molecule has 0 saturated heterocycles. The van der Waals surface area contributed by atoms with E-state index < -0.39 is 0 Å². The van der Waals surface area contributed by atoms with Crippen LogP contribution in [-0.4, -0.2) is 24.7 Å². The second-order valence-corrected chi connectivity index (χ2v) is 6.87. The van der Waals surface area contributed by atoms with Gasteiger partial charge in [0.2, 0.25) is 0 Å². The van der Waals surface area contributed by atoms with Gasteiger partial charge in [0.1, 0.15) is 11.4 Å². The predicted molar refractivity (Wildman–Crippen MR) is 108 cm³/mol. The highest BCUT2D eigenvalue weighted by Crippen LogP contribution is 2.23. The molecular formula is C18H30IN3O. The second-order valence-electron chi connectivity index (χ2n) is 6.87. The number of rotatable bonds is 4. The standard InChI is InChI=1S/C18H29N3O.HI/c1-18(2,3)22-16-12-8-5-9-14(16)13-20-17(19-4)21-15-10-6-7-11-15;/h5,8-9,12,15H,6-7,10-11,13H2,1-4H3,(H2,19,20,21);1H. The molecule has 130 valence electrons. The zero-order chi connectivity index (χ0) is 16.0. The van der Waals surface area contributed by atoms with E-state index in [2.05, 4.69) is 42.5 Å². The molecule has 23 heavy (non-hydrogen) atoms. The first-order valence-electron chi connectivity index (χ1n) is 8.22. The molecule has 1 aromatic rings. The Kier molecular flexibility index (Phi) is 8.16. The SMILES string of the molecule is CN=C(NCc1ccccc1OC(C)(C)C)NC1CCCC1.I. The molecule has 4 nitrogen and oxygen atoms in total. The smallest absolute Gasteiger partial charge is 0.191 e. The van der Waals surface area contributed by atoms with Crippen LogP contribution in [0.5, 0.6) is 5.75 Å². The molecule has 1 fully saturated rings. The van der Waals surface area contributed by atoms with Gasteiger partial charge in [-0.15, -0.1) is 24.0 Å². The largest absolute Gasteiger partial charge is 0.488 e. The van der Waals surface area contributed by atoms with Gasteiger partial charge >= 0.3 is 0 Å². The molecule has 2 rings (SSSR count). The second kappa shape index (κ2) is 9.35. The van der Waals surface area contributed by atoms with Crippen molar-refractivity contribution in [2.75, 3.05) is 7.05 Å². The molecule has 2 N–H and O–H groups in total. The molecule has 0 radical (unpaired) electrons. The van der Waals surface area contributed by atoms with E-state index in [0.29, 0.717) is 12.6 Å². The van der Waals surface area contributed by atoms with E-state index in [1.54, 1.807) is 0 Å². The lowest BCUT2D eigenvalue weighted by Crippen LogP contribution is -2.42. The highest BCUT2D eigenvalue weighted by atomic mass is 127. The molecule has 5 heteroatoms. The summed E-state index contributed by atoms with van der Waals surface area (Å²) in [5, 5.41) is 6.90. The highest BCUT2D eigenvalue weighted by Gasteiger charge is 2.17. The van der Waals surface area contributed by atoms with Crippen LogP contribution in [-0.2, 0) is 6.54 Å². The van der Waals surface area contributed by atoms with Crippen molar-refractivity contribution in [3.05, 3.63) is 29.8 Å². The van der Waals surface area contributed by atoms with Gasteiger partial charge in [0.05, 0.1) is 0 Å². The van der Waals surface area contributed by atoms with Gasteiger partial charge in [-0.05, 0) is 39.7 Å².